The van der Waals surface area contributed by atoms with Crippen LogP contribution in [0.3, 0.4) is 0 Å². The van der Waals surface area contributed by atoms with Gasteiger partial charge in [0.2, 0.25) is 15.9 Å². The van der Waals surface area contributed by atoms with Crippen molar-refractivity contribution in [3.8, 4) is 0 Å². The summed E-state index contributed by atoms with van der Waals surface area (Å²) in [5.41, 5.74) is 0.734. The number of carbonyl (C=O) groups is 1. The Balaban J connectivity index is 2.64. The molecular formula is C12H22N2O3S. The number of piperidine rings is 1. The molecule has 1 atom stereocenters. The van der Waals surface area contributed by atoms with E-state index in [2.05, 4.69) is 4.72 Å². The molecule has 18 heavy (non-hydrogen) atoms. The van der Waals surface area contributed by atoms with Crippen LogP contribution in [0.2, 0.25) is 0 Å². The van der Waals surface area contributed by atoms with E-state index in [1.165, 1.54) is 0 Å². The van der Waals surface area contributed by atoms with E-state index < -0.39 is 10.0 Å². The van der Waals surface area contributed by atoms with Gasteiger partial charge in [0.05, 0.1) is 6.26 Å². The summed E-state index contributed by atoms with van der Waals surface area (Å²) in [4.78, 5) is 13.8. The van der Waals surface area contributed by atoms with Crippen LogP contribution in [0.5, 0.6) is 0 Å². The Morgan fingerprint density at radius 1 is 1.50 bits per heavy atom. The van der Waals surface area contributed by atoms with E-state index in [1.807, 2.05) is 13.0 Å². The van der Waals surface area contributed by atoms with Gasteiger partial charge in [0, 0.05) is 24.7 Å². The molecule has 0 aromatic heterocycles. The van der Waals surface area contributed by atoms with Crippen molar-refractivity contribution in [2.75, 3.05) is 19.3 Å². The minimum atomic E-state index is -3.21. The maximum atomic E-state index is 12.1. The molecule has 5 nitrogen and oxygen atoms in total. The molecule has 0 saturated carbocycles. The van der Waals surface area contributed by atoms with Gasteiger partial charge in [-0.2, -0.15) is 0 Å². The van der Waals surface area contributed by atoms with E-state index in [0.29, 0.717) is 13.1 Å². The summed E-state index contributed by atoms with van der Waals surface area (Å²) < 4.78 is 24.9. The topological polar surface area (TPSA) is 66.5 Å². The third-order valence-electron chi connectivity index (χ3n) is 2.94. The van der Waals surface area contributed by atoms with Crippen LogP contribution >= 0.6 is 0 Å². The summed E-state index contributed by atoms with van der Waals surface area (Å²) in [7, 11) is -3.21. The molecule has 0 radical (unpaired) electrons. The molecule has 1 heterocycles. The monoisotopic (exact) mass is 274 g/mol. The van der Waals surface area contributed by atoms with Crippen molar-refractivity contribution >= 4 is 15.9 Å². The first kappa shape index (κ1) is 15.2. The highest BCUT2D eigenvalue weighted by atomic mass is 32.2. The number of rotatable bonds is 4. The van der Waals surface area contributed by atoms with Gasteiger partial charge in [-0.1, -0.05) is 13.0 Å². The molecule has 1 fully saturated rings. The highest BCUT2D eigenvalue weighted by Gasteiger charge is 2.25. The quantitative estimate of drug-likeness (QED) is 0.774. The first-order valence-electron chi connectivity index (χ1n) is 6.27. The molecule has 6 heteroatoms. The fourth-order valence-electron chi connectivity index (χ4n) is 2.20. The standard InChI is InChI=1S/C12H22N2O3S/c1-4-6-10(2)12(15)14-8-5-7-11(9-14)13-18(3,16)17/h6,11,13H,4-5,7-9H2,1-3H3/b10-6-. The first-order chi connectivity index (χ1) is 8.33. The summed E-state index contributed by atoms with van der Waals surface area (Å²) in [6.07, 6.45) is 5.49. The molecule has 0 spiro atoms. The van der Waals surface area contributed by atoms with Crippen LogP contribution in [0.4, 0.5) is 0 Å². The lowest BCUT2D eigenvalue weighted by atomic mass is 10.1. The second-order valence-corrected chi connectivity index (χ2v) is 6.56. The van der Waals surface area contributed by atoms with Crippen LogP contribution in [0, 0.1) is 0 Å². The van der Waals surface area contributed by atoms with Gasteiger partial charge in [-0.05, 0) is 26.2 Å². The molecule has 104 valence electrons. The Hall–Kier alpha value is -0.880. The lowest BCUT2D eigenvalue weighted by molar-refractivity contribution is -0.128. The van der Waals surface area contributed by atoms with E-state index in [9.17, 15) is 13.2 Å². The van der Waals surface area contributed by atoms with E-state index in [-0.39, 0.29) is 11.9 Å². The van der Waals surface area contributed by atoms with Gasteiger partial charge >= 0.3 is 0 Å². The fraction of sp³-hybridized carbons (Fsp3) is 0.750. The van der Waals surface area contributed by atoms with Crippen molar-refractivity contribution in [3.63, 3.8) is 0 Å². The zero-order chi connectivity index (χ0) is 13.8. The van der Waals surface area contributed by atoms with Gasteiger partial charge in [0.25, 0.3) is 0 Å². The smallest absolute Gasteiger partial charge is 0.249 e. The number of hydrogen-bond acceptors (Lipinski definition) is 3. The van der Waals surface area contributed by atoms with Crippen LogP contribution in [0.1, 0.15) is 33.1 Å². The van der Waals surface area contributed by atoms with Crippen LogP contribution < -0.4 is 4.72 Å². The lowest BCUT2D eigenvalue weighted by Crippen LogP contribution is -2.49. The van der Waals surface area contributed by atoms with Crippen molar-refractivity contribution in [3.05, 3.63) is 11.6 Å². The number of allylic oxidation sites excluding steroid dienone is 1. The molecule has 1 rings (SSSR count). The third kappa shape index (κ3) is 4.78. The van der Waals surface area contributed by atoms with Crippen molar-refractivity contribution in [2.24, 2.45) is 0 Å². The first-order valence-corrected chi connectivity index (χ1v) is 8.16. The minimum Gasteiger partial charge on any atom is -0.337 e. The third-order valence-corrected chi connectivity index (χ3v) is 3.70. The Morgan fingerprint density at radius 2 is 2.17 bits per heavy atom. The van der Waals surface area contributed by atoms with Gasteiger partial charge in [-0.15, -0.1) is 0 Å². The second kappa shape index (κ2) is 6.33. The zero-order valence-electron chi connectivity index (χ0n) is 11.3. The predicted molar refractivity (Wildman–Crippen MR) is 71.6 cm³/mol. The summed E-state index contributed by atoms with van der Waals surface area (Å²) in [6.45, 7) is 4.96. The molecule has 0 aromatic rings. The molecule has 1 saturated heterocycles. The average Bonchev–Trinajstić information content (AvgIpc) is 2.26. The Labute approximate surface area is 109 Å². The molecular weight excluding hydrogens is 252 g/mol. The van der Waals surface area contributed by atoms with Crippen molar-refractivity contribution < 1.29 is 13.2 Å². The number of nitrogens with zero attached hydrogens (tertiary/aromatic N) is 1. The Bertz CT molecular complexity index is 429. The maximum absolute atomic E-state index is 12.1. The molecule has 0 aromatic carbocycles. The van der Waals surface area contributed by atoms with Gasteiger partial charge < -0.3 is 4.90 Å². The van der Waals surface area contributed by atoms with Gasteiger partial charge in [0.15, 0.2) is 0 Å². The van der Waals surface area contributed by atoms with Crippen LogP contribution in [-0.4, -0.2) is 44.6 Å². The Morgan fingerprint density at radius 3 is 2.72 bits per heavy atom. The van der Waals surface area contributed by atoms with Crippen molar-refractivity contribution in [1.29, 1.82) is 0 Å². The SMILES string of the molecule is CC/C=C(/C)C(=O)N1CCCC(NS(C)(=O)=O)C1. The van der Waals surface area contributed by atoms with E-state index >= 15 is 0 Å². The molecule has 0 aliphatic carbocycles. The van der Waals surface area contributed by atoms with Crippen molar-refractivity contribution in [1.82, 2.24) is 9.62 Å². The molecule has 0 bridgehead atoms. The molecule has 1 aliphatic rings. The molecule has 1 amide bonds. The van der Waals surface area contributed by atoms with E-state index in [1.54, 1.807) is 11.8 Å². The van der Waals surface area contributed by atoms with Crippen LogP contribution in [0.25, 0.3) is 0 Å². The van der Waals surface area contributed by atoms with Gasteiger partial charge in [-0.3, -0.25) is 4.79 Å². The second-order valence-electron chi connectivity index (χ2n) is 4.78. The summed E-state index contributed by atoms with van der Waals surface area (Å²) in [5.74, 6) is 0.0110. The number of nitrogens with one attached hydrogen (secondary N) is 1. The summed E-state index contributed by atoms with van der Waals surface area (Å²) >= 11 is 0. The van der Waals surface area contributed by atoms with Gasteiger partial charge in [-0.25, -0.2) is 13.1 Å². The number of amides is 1. The summed E-state index contributed by atoms with van der Waals surface area (Å²) in [5, 5.41) is 0. The fourth-order valence-corrected chi connectivity index (χ4v) is 3.00. The van der Waals surface area contributed by atoms with Crippen molar-refractivity contribution in [2.45, 2.75) is 39.2 Å². The van der Waals surface area contributed by atoms with Gasteiger partial charge in [0.1, 0.15) is 0 Å². The predicted octanol–water partition coefficient (Wildman–Crippen LogP) is 0.883. The molecule has 1 unspecified atom stereocenters. The highest BCUT2D eigenvalue weighted by Crippen LogP contribution is 2.13. The lowest BCUT2D eigenvalue weighted by Gasteiger charge is -2.33. The number of hydrogen-bond donors (Lipinski definition) is 1. The Kier molecular flexibility index (Phi) is 5.34. The number of likely N-dealkylation sites (tertiary alicyclic amines) is 1. The molecule has 1 aliphatic heterocycles. The number of carbonyl (C=O) groups excluding carboxylic acids is 1. The average molecular weight is 274 g/mol. The maximum Gasteiger partial charge on any atom is 0.249 e. The van der Waals surface area contributed by atoms with Crippen LogP contribution in [0.15, 0.2) is 11.6 Å². The zero-order valence-corrected chi connectivity index (χ0v) is 12.1. The minimum absolute atomic E-state index is 0.0110. The normalized spacial score (nSPS) is 22.1. The molecule has 1 N–H and O–H groups in total. The van der Waals surface area contributed by atoms with E-state index in [0.717, 1.165) is 31.1 Å². The van der Waals surface area contributed by atoms with Crippen LogP contribution in [-0.2, 0) is 14.8 Å². The van der Waals surface area contributed by atoms with E-state index in [4.69, 9.17) is 0 Å². The highest BCUT2D eigenvalue weighted by molar-refractivity contribution is 7.88. The number of sulfonamides is 1. The summed E-state index contributed by atoms with van der Waals surface area (Å²) in [6, 6.07) is -0.160. The largest absolute Gasteiger partial charge is 0.337 e.